The minimum atomic E-state index is -0.905. The van der Waals surface area contributed by atoms with Crippen LogP contribution in [-0.4, -0.2) is 28.1 Å². The van der Waals surface area contributed by atoms with Gasteiger partial charge in [0.05, 0.1) is 11.4 Å². The topological polar surface area (TPSA) is 88.4 Å². The molecule has 2 N–H and O–H groups in total. The highest BCUT2D eigenvalue weighted by atomic mass is 16.4. The Balaban J connectivity index is 2.06. The van der Waals surface area contributed by atoms with E-state index in [1.54, 1.807) is 35.0 Å². The molecule has 1 aromatic carbocycles. The number of benzene rings is 1. The fraction of sp³-hybridized carbons (Fsp3) is 0.389. The number of fused-ring (bicyclic) bond motifs is 1. The van der Waals surface area contributed by atoms with Crippen molar-refractivity contribution in [1.82, 2.24) is 9.88 Å². The Labute approximate surface area is 140 Å². The lowest BCUT2D eigenvalue weighted by Gasteiger charge is -2.16. The molecule has 0 saturated heterocycles. The van der Waals surface area contributed by atoms with Crippen LogP contribution in [0.4, 0.5) is 0 Å². The van der Waals surface area contributed by atoms with E-state index in [0.29, 0.717) is 17.3 Å². The van der Waals surface area contributed by atoms with E-state index in [-0.39, 0.29) is 30.3 Å². The molecule has 0 saturated carbocycles. The normalized spacial score (nSPS) is 12.3. The summed E-state index contributed by atoms with van der Waals surface area (Å²) in [4.78, 5) is 35.2. The fourth-order valence-electron chi connectivity index (χ4n) is 2.69. The predicted octanol–water partition coefficient (Wildman–Crippen LogP) is 1.86. The van der Waals surface area contributed by atoms with Crippen molar-refractivity contribution < 1.29 is 14.7 Å². The molecule has 1 atom stereocenters. The summed E-state index contributed by atoms with van der Waals surface area (Å²) in [5.74, 6) is -1.54. The second-order valence-electron chi connectivity index (χ2n) is 6.29. The van der Waals surface area contributed by atoms with E-state index in [0.717, 1.165) is 0 Å². The van der Waals surface area contributed by atoms with Crippen molar-refractivity contribution in [2.75, 3.05) is 6.54 Å². The highest BCUT2D eigenvalue weighted by Crippen LogP contribution is 2.12. The largest absolute Gasteiger partial charge is 0.481 e. The van der Waals surface area contributed by atoms with Gasteiger partial charge in [0, 0.05) is 24.2 Å². The van der Waals surface area contributed by atoms with Gasteiger partial charge in [-0.15, -0.1) is 0 Å². The van der Waals surface area contributed by atoms with Crippen molar-refractivity contribution in [3.8, 4) is 0 Å². The quantitative estimate of drug-likeness (QED) is 0.811. The SMILES string of the molecule is CC(C)CC(CNC(=O)Cn1ccc(=O)c2ccccc21)C(=O)O. The van der Waals surface area contributed by atoms with E-state index < -0.39 is 11.9 Å². The zero-order chi connectivity index (χ0) is 17.7. The average Bonchev–Trinajstić information content (AvgIpc) is 2.54. The molecule has 6 heteroatoms. The molecule has 0 spiro atoms. The third-order valence-electron chi connectivity index (χ3n) is 3.85. The number of carbonyl (C=O) groups is 2. The van der Waals surface area contributed by atoms with Crippen molar-refractivity contribution in [3.05, 3.63) is 46.8 Å². The van der Waals surface area contributed by atoms with Crippen LogP contribution in [0.1, 0.15) is 20.3 Å². The van der Waals surface area contributed by atoms with Gasteiger partial charge in [-0.25, -0.2) is 0 Å². The fourth-order valence-corrected chi connectivity index (χ4v) is 2.69. The summed E-state index contributed by atoms with van der Waals surface area (Å²) in [5.41, 5.74) is 0.585. The van der Waals surface area contributed by atoms with Gasteiger partial charge < -0.3 is 15.0 Å². The summed E-state index contributed by atoms with van der Waals surface area (Å²) in [5, 5.41) is 12.4. The Bertz CT molecular complexity index is 795. The first-order chi connectivity index (χ1) is 11.4. The average molecular weight is 330 g/mol. The lowest BCUT2D eigenvalue weighted by Crippen LogP contribution is -2.35. The van der Waals surface area contributed by atoms with Gasteiger partial charge >= 0.3 is 5.97 Å². The number of nitrogens with one attached hydrogen (secondary N) is 1. The number of para-hydroxylation sites is 1. The number of carbonyl (C=O) groups excluding carboxylic acids is 1. The molecule has 0 aliphatic rings. The highest BCUT2D eigenvalue weighted by Gasteiger charge is 2.19. The first kappa shape index (κ1) is 17.7. The van der Waals surface area contributed by atoms with Gasteiger partial charge in [-0.05, 0) is 24.5 Å². The number of rotatable bonds is 7. The van der Waals surface area contributed by atoms with Crippen LogP contribution in [-0.2, 0) is 16.1 Å². The molecular weight excluding hydrogens is 308 g/mol. The maximum Gasteiger partial charge on any atom is 0.308 e. The number of hydrogen-bond donors (Lipinski definition) is 2. The maximum atomic E-state index is 12.2. The molecule has 0 aliphatic carbocycles. The van der Waals surface area contributed by atoms with Crippen molar-refractivity contribution in [2.24, 2.45) is 11.8 Å². The standard InChI is InChI=1S/C18H22N2O4/c1-12(2)9-13(18(23)24)10-19-17(22)11-20-8-7-16(21)14-5-3-4-6-15(14)20/h3-8,12-13H,9-11H2,1-2H3,(H,19,22)(H,23,24). The molecule has 1 aromatic heterocycles. The van der Waals surface area contributed by atoms with E-state index in [1.807, 2.05) is 13.8 Å². The molecule has 1 unspecified atom stereocenters. The van der Waals surface area contributed by atoms with Crippen LogP contribution >= 0.6 is 0 Å². The van der Waals surface area contributed by atoms with E-state index >= 15 is 0 Å². The molecule has 1 amide bonds. The van der Waals surface area contributed by atoms with Crippen LogP contribution in [0.15, 0.2) is 41.3 Å². The Morgan fingerprint density at radius 2 is 1.92 bits per heavy atom. The summed E-state index contributed by atoms with van der Waals surface area (Å²) in [6.07, 6.45) is 2.09. The molecule has 1 heterocycles. The number of pyridine rings is 1. The number of aliphatic carboxylic acids is 1. The van der Waals surface area contributed by atoms with Gasteiger partial charge in [0.1, 0.15) is 6.54 Å². The number of carboxylic acids is 1. The Morgan fingerprint density at radius 1 is 1.21 bits per heavy atom. The second-order valence-corrected chi connectivity index (χ2v) is 6.29. The van der Waals surface area contributed by atoms with E-state index in [2.05, 4.69) is 5.32 Å². The van der Waals surface area contributed by atoms with Gasteiger partial charge in [-0.3, -0.25) is 14.4 Å². The predicted molar refractivity (Wildman–Crippen MR) is 91.8 cm³/mol. The van der Waals surface area contributed by atoms with Gasteiger partial charge in [0.25, 0.3) is 0 Å². The van der Waals surface area contributed by atoms with E-state index in [1.165, 1.54) is 6.07 Å². The lowest BCUT2D eigenvalue weighted by molar-refractivity contribution is -0.142. The monoisotopic (exact) mass is 330 g/mol. The molecule has 128 valence electrons. The van der Waals surface area contributed by atoms with Crippen molar-refractivity contribution in [2.45, 2.75) is 26.8 Å². The lowest BCUT2D eigenvalue weighted by atomic mass is 9.97. The molecule has 2 rings (SSSR count). The van der Waals surface area contributed by atoms with E-state index in [9.17, 15) is 19.5 Å². The maximum absolute atomic E-state index is 12.2. The minimum Gasteiger partial charge on any atom is -0.481 e. The molecule has 0 fully saturated rings. The third-order valence-corrected chi connectivity index (χ3v) is 3.85. The molecule has 24 heavy (non-hydrogen) atoms. The van der Waals surface area contributed by atoms with Crippen molar-refractivity contribution in [3.63, 3.8) is 0 Å². The highest BCUT2D eigenvalue weighted by molar-refractivity contribution is 5.82. The molecule has 6 nitrogen and oxygen atoms in total. The molecule has 0 radical (unpaired) electrons. The number of nitrogens with zero attached hydrogens (tertiary/aromatic N) is 1. The summed E-state index contributed by atoms with van der Waals surface area (Å²) in [6, 6.07) is 8.50. The minimum absolute atomic E-state index is 0.0365. The van der Waals surface area contributed by atoms with Crippen LogP contribution in [0.25, 0.3) is 10.9 Å². The smallest absolute Gasteiger partial charge is 0.308 e. The van der Waals surface area contributed by atoms with Crippen LogP contribution < -0.4 is 10.7 Å². The summed E-state index contributed by atoms with van der Waals surface area (Å²) in [6.45, 7) is 4.04. The van der Waals surface area contributed by atoms with Gasteiger partial charge in [-0.1, -0.05) is 26.0 Å². The molecule has 0 bridgehead atoms. The number of amides is 1. The number of aromatic nitrogens is 1. The van der Waals surface area contributed by atoms with Gasteiger partial charge in [0.2, 0.25) is 5.91 Å². The van der Waals surface area contributed by atoms with Crippen LogP contribution in [0.3, 0.4) is 0 Å². The second kappa shape index (κ2) is 7.77. The summed E-state index contributed by atoms with van der Waals surface area (Å²) < 4.78 is 1.68. The molecule has 2 aromatic rings. The Hall–Kier alpha value is -2.63. The van der Waals surface area contributed by atoms with Gasteiger partial charge in [0.15, 0.2) is 5.43 Å². The first-order valence-corrected chi connectivity index (χ1v) is 7.96. The third kappa shape index (κ3) is 4.44. The number of hydrogen-bond acceptors (Lipinski definition) is 3. The van der Waals surface area contributed by atoms with Crippen molar-refractivity contribution in [1.29, 1.82) is 0 Å². The Morgan fingerprint density at radius 3 is 2.58 bits per heavy atom. The molecular formula is C18H22N2O4. The van der Waals surface area contributed by atoms with Crippen molar-refractivity contribution >= 4 is 22.8 Å². The number of carboxylic acid groups (broad SMARTS) is 1. The van der Waals surface area contributed by atoms with Gasteiger partial charge in [-0.2, -0.15) is 0 Å². The van der Waals surface area contributed by atoms with Crippen LogP contribution in [0.2, 0.25) is 0 Å². The first-order valence-electron chi connectivity index (χ1n) is 7.96. The Kier molecular flexibility index (Phi) is 5.73. The molecule has 0 aliphatic heterocycles. The van der Waals surface area contributed by atoms with Crippen LogP contribution in [0.5, 0.6) is 0 Å². The van der Waals surface area contributed by atoms with E-state index in [4.69, 9.17) is 0 Å². The van der Waals surface area contributed by atoms with Crippen LogP contribution in [0, 0.1) is 11.8 Å². The zero-order valence-corrected chi connectivity index (χ0v) is 13.9. The summed E-state index contributed by atoms with van der Waals surface area (Å²) >= 11 is 0. The zero-order valence-electron chi connectivity index (χ0n) is 13.9. The summed E-state index contributed by atoms with van der Waals surface area (Å²) in [7, 11) is 0.